The third-order valence-corrected chi connectivity index (χ3v) is 5.18. The summed E-state index contributed by atoms with van der Waals surface area (Å²) in [6, 6.07) is 4.16. The van der Waals surface area contributed by atoms with E-state index in [0.717, 1.165) is 0 Å². The molecule has 0 bridgehead atoms. The number of hydrogen-bond acceptors (Lipinski definition) is 4. The van der Waals surface area contributed by atoms with E-state index in [9.17, 15) is 17.4 Å². The Hall–Kier alpha value is -0.700. The summed E-state index contributed by atoms with van der Waals surface area (Å²) in [6.45, 7) is 0. The van der Waals surface area contributed by atoms with Crippen molar-refractivity contribution in [1.29, 1.82) is 0 Å². The fourth-order valence-electron chi connectivity index (χ4n) is 1.12. The standard InChI is InChI=1S/C9H3Cl2F3N2OS2/c10-4-1-2-6(5(11)3-4)19(17)8-16-15-7(18-8)9(12,13)14/h1-3H. The highest BCUT2D eigenvalue weighted by Gasteiger charge is 2.36. The number of aromatic nitrogens is 2. The van der Waals surface area contributed by atoms with Gasteiger partial charge in [-0.3, -0.25) is 0 Å². The molecular formula is C9H3Cl2F3N2OS2. The van der Waals surface area contributed by atoms with Crippen molar-refractivity contribution in [2.45, 2.75) is 15.4 Å². The van der Waals surface area contributed by atoms with E-state index < -0.39 is 22.0 Å². The van der Waals surface area contributed by atoms with Gasteiger partial charge >= 0.3 is 6.18 Å². The normalized spacial score (nSPS) is 13.5. The molecule has 0 radical (unpaired) electrons. The maximum atomic E-state index is 12.4. The molecule has 0 N–H and O–H groups in total. The van der Waals surface area contributed by atoms with Gasteiger partial charge in [0.25, 0.3) is 0 Å². The van der Waals surface area contributed by atoms with Crippen LogP contribution in [0, 0.1) is 0 Å². The molecule has 10 heteroatoms. The topological polar surface area (TPSA) is 42.9 Å². The smallest absolute Gasteiger partial charge is 0.246 e. The van der Waals surface area contributed by atoms with Crippen LogP contribution in [-0.4, -0.2) is 14.4 Å². The molecule has 19 heavy (non-hydrogen) atoms. The Bertz CT molecular complexity index is 645. The summed E-state index contributed by atoms with van der Waals surface area (Å²) >= 11 is 11.7. The van der Waals surface area contributed by atoms with E-state index in [-0.39, 0.29) is 25.6 Å². The van der Waals surface area contributed by atoms with Crippen LogP contribution in [0.2, 0.25) is 10.0 Å². The molecule has 0 spiro atoms. The van der Waals surface area contributed by atoms with E-state index in [1.165, 1.54) is 18.2 Å². The molecule has 0 fully saturated rings. The number of nitrogens with zero attached hydrogens (tertiary/aromatic N) is 2. The average molecular weight is 347 g/mol. The third kappa shape index (κ3) is 3.25. The van der Waals surface area contributed by atoms with Gasteiger partial charge in [-0.2, -0.15) is 13.2 Å². The van der Waals surface area contributed by atoms with Gasteiger partial charge in [-0.1, -0.05) is 34.5 Å². The van der Waals surface area contributed by atoms with Gasteiger partial charge in [0.1, 0.15) is 10.8 Å². The van der Waals surface area contributed by atoms with Crippen molar-refractivity contribution >= 4 is 45.3 Å². The van der Waals surface area contributed by atoms with Gasteiger partial charge < -0.3 is 0 Å². The first-order valence-electron chi connectivity index (χ1n) is 4.56. The van der Waals surface area contributed by atoms with Crippen LogP contribution in [0.4, 0.5) is 13.2 Å². The van der Waals surface area contributed by atoms with Gasteiger partial charge in [0.15, 0.2) is 0 Å². The van der Waals surface area contributed by atoms with Crippen molar-refractivity contribution < 1.29 is 17.4 Å². The zero-order valence-electron chi connectivity index (χ0n) is 8.74. The second kappa shape index (κ2) is 5.35. The van der Waals surface area contributed by atoms with E-state index in [2.05, 4.69) is 10.2 Å². The van der Waals surface area contributed by atoms with Gasteiger partial charge in [-0.15, -0.1) is 10.2 Å². The number of alkyl halides is 3. The summed E-state index contributed by atoms with van der Waals surface area (Å²) in [4.78, 5) is 0.135. The summed E-state index contributed by atoms with van der Waals surface area (Å²) < 4.78 is 48.9. The van der Waals surface area contributed by atoms with E-state index >= 15 is 0 Å². The molecule has 0 saturated heterocycles. The van der Waals surface area contributed by atoms with Crippen LogP contribution in [-0.2, 0) is 17.0 Å². The van der Waals surface area contributed by atoms with Crippen LogP contribution in [0.25, 0.3) is 0 Å². The van der Waals surface area contributed by atoms with Gasteiger partial charge in [0.05, 0.1) is 9.92 Å². The fourth-order valence-corrected chi connectivity index (χ4v) is 3.72. The molecule has 1 unspecified atom stereocenters. The maximum absolute atomic E-state index is 12.4. The lowest BCUT2D eigenvalue weighted by atomic mass is 10.4. The summed E-state index contributed by atoms with van der Waals surface area (Å²) in [5.41, 5.74) is 0. The second-order valence-corrected chi connectivity index (χ2v) is 6.66. The monoisotopic (exact) mass is 346 g/mol. The first-order chi connectivity index (χ1) is 8.79. The highest BCUT2D eigenvalue weighted by atomic mass is 35.5. The highest BCUT2D eigenvalue weighted by Crippen LogP contribution is 2.34. The van der Waals surface area contributed by atoms with Crippen molar-refractivity contribution in [1.82, 2.24) is 10.2 Å². The van der Waals surface area contributed by atoms with E-state index in [1.807, 2.05) is 0 Å². The maximum Gasteiger partial charge on any atom is 0.445 e. The molecule has 0 aliphatic rings. The van der Waals surface area contributed by atoms with Crippen LogP contribution in [0.3, 0.4) is 0 Å². The van der Waals surface area contributed by atoms with E-state index in [1.54, 1.807) is 0 Å². The molecule has 1 atom stereocenters. The van der Waals surface area contributed by atoms with E-state index in [4.69, 9.17) is 23.2 Å². The van der Waals surface area contributed by atoms with Crippen LogP contribution >= 0.6 is 34.5 Å². The zero-order chi connectivity index (χ0) is 14.2. The molecule has 0 aliphatic carbocycles. The number of halogens is 5. The van der Waals surface area contributed by atoms with Crippen molar-refractivity contribution in [3.63, 3.8) is 0 Å². The Balaban J connectivity index is 2.37. The van der Waals surface area contributed by atoms with Crippen LogP contribution in [0.1, 0.15) is 5.01 Å². The zero-order valence-corrected chi connectivity index (χ0v) is 11.9. The molecule has 1 aromatic carbocycles. The average Bonchev–Trinajstić information content (AvgIpc) is 2.76. The Morgan fingerprint density at radius 2 is 1.89 bits per heavy atom. The molecule has 2 aromatic rings. The lowest BCUT2D eigenvalue weighted by Crippen LogP contribution is -2.03. The van der Waals surface area contributed by atoms with Gasteiger partial charge in [0, 0.05) is 5.02 Å². The first kappa shape index (κ1) is 14.7. The van der Waals surface area contributed by atoms with Crippen molar-refractivity contribution in [2.24, 2.45) is 0 Å². The minimum absolute atomic E-state index is 0.0922. The quantitative estimate of drug-likeness (QED) is 0.824. The van der Waals surface area contributed by atoms with Crippen LogP contribution in [0.15, 0.2) is 27.4 Å². The Kier molecular flexibility index (Phi) is 4.14. The van der Waals surface area contributed by atoms with E-state index in [0.29, 0.717) is 5.02 Å². The Labute approximate surface area is 121 Å². The van der Waals surface area contributed by atoms with Gasteiger partial charge in [-0.05, 0) is 18.2 Å². The van der Waals surface area contributed by atoms with Gasteiger partial charge in [-0.25, -0.2) is 4.21 Å². The molecule has 3 nitrogen and oxygen atoms in total. The number of hydrogen-bond donors (Lipinski definition) is 0. The fraction of sp³-hybridized carbons (Fsp3) is 0.111. The minimum atomic E-state index is -4.61. The molecule has 1 aromatic heterocycles. The van der Waals surface area contributed by atoms with Crippen LogP contribution in [0.5, 0.6) is 0 Å². The molecule has 0 amide bonds. The lowest BCUT2D eigenvalue weighted by Gasteiger charge is -2.01. The minimum Gasteiger partial charge on any atom is -0.246 e. The molecule has 1 heterocycles. The van der Waals surface area contributed by atoms with Gasteiger partial charge in [0.2, 0.25) is 9.35 Å². The molecule has 2 rings (SSSR count). The molecular weight excluding hydrogens is 344 g/mol. The predicted octanol–water partition coefficient (Wildman–Crippen LogP) is 4.03. The largest absolute Gasteiger partial charge is 0.445 e. The molecule has 0 saturated carbocycles. The summed E-state index contributed by atoms with van der Waals surface area (Å²) in [5.74, 6) is 0. The van der Waals surface area contributed by atoms with Crippen molar-refractivity contribution in [2.75, 3.05) is 0 Å². The lowest BCUT2D eigenvalue weighted by molar-refractivity contribution is -0.138. The Morgan fingerprint density at radius 1 is 1.21 bits per heavy atom. The number of rotatable bonds is 2. The first-order valence-corrected chi connectivity index (χ1v) is 7.29. The predicted molar refractivity (Wildman–Crippen MR) is 66.0 cm³/mol. The summed E-state index contributed by atoms with van der Waals surface area (Å²) in [5, 5.41) is 5.51. The summed E-state index contributed by atoms with van der Waals surface area (Å²) in [7, 11) is -1.93. The molecule has 102 valence electrons. The molecule has 0 aliphatic heterocycles. The van der Waals surface area contributed by atoms with Crippen LogP contribution < -0.4 is 0 Å². The van der Waals surface area contributed by atoms with Crippen molar-refractivity contribution in [3.8, 4) is 0 Å². The number of benzene rings is 1. The highest BCUT2D eigenvalue weighted by molar-refractivity contribution is 7.87. The Morgan fingerprint density at radius 3 is 2.42 bits per heavy atom. The third-order valence-electron chi connectivity index (χ3n) is 1.90. The summed E-state index contributed by atoms with van der Waals surface area (Å²) in [6.07, 6.45) is -4.61. The second-order valence-electron chi connectivity index (χ2n) is 3.21. The SMILES string of the molecule is O=S(c1nnc(C(F)(F)F)s1)c1ccc(Cl)cc1Cl. The van der Waals surface area contributed by atoms with Crippen molar-refractivity contribution in [3.05, 3.63) is 33.3 Å².